The molecule has 0 aliphatic carbocycles. The van der Waals surface area contributed by atoms with Crippen molar-refractivity contribution < 1.29 is 4.74 Å². The summed E-state index contributed by atoms with van der Waals surface area (Å²) in [6.45, 7) is 7.30. The molecule has 1 nitrogen and oxygen atoms in total. The molecule has 0 fully saturated rings. The van der Waals surface area contributed by atoms with Gasteiger partial charge in [0, 0.05) is 18.6 Å². The number of rotatable bonds is 6. The fraction of sp³-hybridized carbons (Fsp3) is 0.875. The molecule has 0 saturated carbocycles. The Morgan fingerprint density at radius 1 is 1.50 bits per heavy atom. The molecule has 1 unspecified atom stereocenters. The minimum absolute atomic E-state index is 0.236. The van der Waals surface area contributed by atoms with Gasteiger partial charge in [-0.2, -0.15) is 0 Å². The van der Waals surface area contributed by atoms with Crippen LogP contribution in [0.3, 0.4) is 0 Å². The third-order valence-corrected chi connectivity index (χ3v) is 1.42. The summed E-state index contributed by atoms with van der Waals surface area (Å²) >= 11 is 5.70. The maximum atomic E-state index is 5.70. The summed E-state index contributed by atoms with van der Waals surface area (Å²) in [6, 6.07) is 0. The Kier molecular flexibility index (Phi) is 7.54. The Balaban J connectivity index is 2.77. The minimum atomic E-state index is 0.236. The fourth-order valence-electron chi connectivity index (χ4n) is 0.552. The van der Waals surface area contributed by atoms with E-state index in [1.807, 2.05) is 6.92 Å². The van der Waals surface area contributed by atoms with Gasteiger partial charge in [0.1, 0.15) is 0 Å². The van der Waals surface area contributed by atoms with Crippen LogP contribution in [0.2, 0.25) is 0 Å². The molecule has 0 aliphatic rings. The minimum Gasteiger partial charge on any atom is -0.381 e. The van der Waals surface area contributed by atoms with Crippen LogP contribution in [0.15, 0.2) is 0 Å². The lowest BCUT2D eigenvalue weighted by molar-refractivity contribution is 0.130. The van der Waals surface area contributed by atoms with Crippen molar-refractivity contribution in [2.24, 2.45) is 0 Å². The highest BCUT2D eigenvalue weighted by atomic mass is 35.5. The number of hydrogen-bond acceptors (Lipinski definition) is 1. The molecule has 0 amide bonds. The lowest BCUT2D eigenvalue weighted by Crippen LogP contribution is -2.01. The first kappa shape index (κ1) is 10.2. The van der Waals surface area contributed by atoms with Crippen LogP contribution in [-0.4, -0.2) is 18.6 Å². The van der Waals surface area contributed by atoms with Gasteiger partial charge in [-0.1, -0.05) is 13.3 Å². The van der Waals surface area contributed by atoms with Gasteiger partial charge in [0.25, 0.3) is 0 Å². The van der Waals surface area contributed by atoms with E-state index in [0.717, 1.165) is 32.5 Å². The van der Waals surface area contributed by atoms with E-state index in [1.54, 1.807) is 0 Å². The highest BCUT2D eigenvalue weighted by Gasteiger charge is 1.94. The predicted octanol–water partition coefficient (Wildman–Crippen LogP) is 2.63. The molecule has 0 aliphatic heterocycles. The topological polar surface area (TPSA) is 9.23 Å². The van der Waals surface area contributed by atoms with Crippen LogP contribution in [-0.2, 0) is 4.74 Å². The third-order valence-electron chi connectivity index (χ3n) is 1.20. The highest BCUT2D eigenvalue weighted by molar-refractivity contribution is 6.20. The summed E-state index contributed by atoms with van der Waals surface area (Å²) < 4.78 is 5.26. The molecule has 0 rings (SSSR count). The molecule has 0 aromatic carbocycles. The van der Waals surface area contributed by atoms with Gasteiger partial charge < -0.3 is 4.74 Å². The third kappa shape index (κ3) is 8.25. The number of unbranched alkanes of at least 4 members (excludes halogenated alkanes) is 1. The molecular formula is C8H16ClO. The van der Waals surface area contributed by atoms with E-state index in [4.69, 9.17) is 16.3 Å². The quantitative estimate of drug-likeness (QED) is 0.432. The van der Waals surface area contributed by atoms with Gasteiger partial charge in [-0.25, -0.2) is 0 Å². The van der Waals surface area contributed by atoms with Crippen LogP contribution in [0.1, 0.15) is 26.2 Å². The lowest BCUT2D eigenvalue weighted by atomic mass is 10.3. The van der Waals surface area contributed by atoms with E-state index < -0.39 is 0 Å². The van der Waals surface area contributed by atoms with Gasteiger partial charge in [-0.15, -0.1) is 11.6 Å². The van der Waals surface area contributed by atoms with Gasteiger partial charge >= 0.3 is 0 Å². The average molecular weight is 164 g/mol. The smallest absolute Gasteiger partial charge is 0.0480 e. The SMILES string of the molecule is [CH2]CCCOCCC(C)Cl. The van der Waals surface area contributed by atoms with Crippen molar-refractivity contribution in [2.45, 2.75) is 31.6 Å². The second-order valence-corrected chi connectivity index (χ2v) is 3.13. The van der Waals surface area contributed by atoms with Crippen molar-refractivity contribution in [3.63, 3.8) is 0 Å². The Bertz CT molecular complexity index is 64.3. The zero-order valence-corrected chi connectivity index (χ0v) is 7.36. The Hall–Kier alpha value is 0.250. The molecule has 0 saturated heterocycles. The predicted molar refractivity (Wildman–Crippen MR) is 45.3 cm³/mol. The zero-order valence-electron chi connectivity index (χ0n) is 6.61. The van der Waals surface area contributed by atoms with E-state index in [-0.39, 0.29) is 5.38 Å². The van der Waals surface area contributed by atoms with Gasteiger partial charge in [-0.05, 0) is 19.8 Å². The fourth-order valence-corrected chi connectivity index (χ4v) is 0.641. The summed E-state index contributed by atoms with van der Waals surface area (Å²) in [5.41, 5.74) is 0. The van der Waals surface area contributed by atoms with Crippen molar-refractivity contribution in [2.75, 3.05) is 13.2 Å². The second kappa shape index (κ2) is 7.36. The number of halogens is 1. The van der Waals surface area contributed by atoms with Crippen LogP contribution >= 0.6 is 11.6 Å². The maximum Gasteiger partial charge on any atom is 0.0480 e. The van der Waals surface area contributed by atoms with Gasteiger partial charge in [0.2, 0.25) is 0 Å². The van der Waals surface area contributed by atoms with E-state index >= 15 is 0 Å². The van der Waals surface area contributed by atoms with Crippen molar-refractivity contribution in [3.05, 3.63) is 6.92 Å². The van der Waals surface area contributed by atoms with Crippen molar-refractivity contribution >= 4 is 11.6 Å². The van der Waals surface area contributed by atoms with Crippen LogP contribution in [0, 0.1) is 6.92 Å². The van der Waals surface area contributed by atoms with Gasteiger partial charge in [0.05, 0.1) is 0 Å². The molecule has 1 atom stereocenters. The molecule has 61 valence electrons. The van der Waals surface area contributed by atoms with E-state index in [9.17, 15) is 0 Å². The number of hydrogen-bond donors (Lipinski definition) is 0. The summed E-state index contributed by atoms with van der Waals surface area (Å²) in [6.07, 6.45) is 2.95. The molecular weight excluding hydrogens is 148 g/mol. The van der Waals surface area contributed by atoms with Crippen LogP contribution in [0.25, 0.3) is 0 Å². The molecule has 0 spiro atoms. The van der Waals surface area contributed by atoms with Crippen LogP contribution in [0.4, 0.5) is 0 Å². The van der Waals surface area contributed by atoms with Crippen molar-refractivity contribution in [3.8, 4) is 0 Å². The van der Waals surface area contributed by atoms with Crippen LogP contribution < -0.4 is 0 Å². The van der Waals surface area contributed by atoms with E-state index in [2.05, 4.69) is 6.92 Å². The van der Waals surface area contributed by atoms with Crippen LogP contribution in [0.5, 0.6) is 0 Å². The van der Waals surface area contributed by atoms with E-state index in [1.165, 1.54) is 0 Å². The number of ether oxygens (including phenoxy) is 1. The highest BCUT2D eigenvalue weighted by Crippen LogP contribution is 1.99. The zero-order chi connectivity index (χ0) is 7.82. The molecule has 10 heavy (non-hydrogen) atoms. The first-order chi connectivity index (χ1) is 4.77. The van der Waals surface area contributed by atoms with E-state index in [0.29, 0.717) is 0 Å². The largest absolute Gasteiger partial charge is 0.381 e. The molecule has 1 radical (unpaired) electrons. The molecule has 0 heterocycles. The summed E-state index contributed by atoms with van der Waals surface area (Å²) in [7, 11) is 0. The summed E-state index contributed by atoms with van der Waals surface area (Å²) in [4.78, 5) is 0. The average Bonchev–Trinajstić information content (AvgIpc) is 1.87. The standard InChI is InChI=1S/C8H16ClO/c1-3-4-6-10-7-5-8(2)9/h8H,1,3-7H2,2H3. The van der Waals surface area contributed by atoms with Gasteiger partial charge in [-0.3, -0.25) is 0 Å². The molecule has 2 heteroatoms. The monoisotopic (exact) mass is 163 g/mol. The second-order valence-electron chi connectivity index (χ2n) is 2.39. The first-order valence-corrected chi connectivity index (χ1v) is 4.22. The number of alkyl halides is 1. The van der Waals surface area contributed by atoms with Crippen molar-refractivity contribution in [1.82, 2.24) is 0 Å². The molecule has 0 N–H and O–H groups in total. The Morgan fingerprint density at radius 3 is 2.70 bits per heavy atom. The Morgan fingerprint density at radius 2 is 2.20 bits per heavy atom. The summed E-state index contributed by atoms with van der Waals surface area (Å²) in [5, 5.41) is 0.236. The van der Waals surface area contributed by atoms with Gasteiger partial charge in [0.15, 0.2) is 0 Å². The first-order valence-electron chi connectivity index (χ1n) is 3.78. The summed E-state index contributed by atoms with van der Waals surface area (Å²) in [5.74, 6) is 0. The maximum absolute atomic E-state index is 5.70. The molecule has 0 aromatic heterocycles. The molecule has 0 bridgehead atoms. The van der Waals surface area contributed by atoms with Crippen molar-refractivity contribution in [1.29, 1.82) is 0 Å². The molecule has 0 aromatic rings. The lowest BCUT2D eigenvalue weighted by Gasteiger charge is -2.03. The normalized spacial score (nSPS) is 13.5. The Labute approximate surface area is 68.7 Å².